The number of hydrogen-bond donors (Lipinski definition) is 2. The van der Waals surface area contributed by atoms with Crippen molar-refractivity contribution in [1.82, 2.24) is 4.90 Å². The lowest BCUT2D eigenvalue weighted by Gasteiger charge is -2.40. The highest BCUT2D eigenvalue weighted by molar-refractivity contribution is 7.93. The van der Waals surface area contributed by atoms with E-state index in [2.05, 4.69) is 5.32 Å². The average Bonchev–Trinajstić information content (AvgIpc) is 3.25. The third-order valence-corrected chi connectivity index (χ3v) is 11.0. The van der Waals surface area contributed by atoms with E-state index < -0.39 is 37.7 Å². The van der Waals surface area contributed by atoms with Gasteiger partial charge in [-0.1, -0.05) is 19.3 Å². The van der Waals surface area contributed by atoms with Crippen molar-refractivity contribution in [2.24, 2.45) is 5.41 Å². The standard InChI is InChI=1S/C28H42N2O7S/c1-26(2,3)37-25(33)30-16-14-27(15-17-30)12-13-28(19-27,24(31)32)38(34,35)21-10-11-22(23(18-21)36-4)29-20-8-6-5-7-9-20/h10-11,18,20,29H,5-9,12-17,19H2,1-4H3,(H,31,32). The molecule has 1 heterocycles. The van der Waals surface area contributed by atoms with Gasteiger partial charge in [-0.2, -0.15) is 0 Å². The second kappa shape index (κ2) is 10.6. The number of carbonyl (C=O) groups is 2. The summed E-state index contributed by atoms with van der Waals surface area (Å²) in [7, 11) is -2.73. The van der Waals surface area contributed by atoms with Crippen LogP contribution in [0.2, 0.25) is 0 Å². The van der Waals surface area contributed by atoms with Gasteiger partial charge in [-0.05, 0) is 83.3 Å². The fourth-order valence-electron chi connectivity index (χ4n) is 6.34. The Morgan fingerprint density at radius 2 is 1.71 bits per heavy atom. The Morgan fingerprint density at radius 1 is 1.05 bits per heavy atom. The van der Waals surface area contributed by atoms with Crippen LogP contribution in [0.15, 0.2) is 23.1 Å². The first-order valence-electron chi connectivity index (χ1n) is 13.7. The minimum absolute atomic E-state index is 0.0320. The van der Waals surface area contributed by atoms with Crippen molar-refractivity contribution < 1.29 is 32.6 Å². The van der Waals surface area contributed by atoms with E-state index in [0.717, 1.165) is 31.4 Å². The van der Waals surface area contributed by atoms with Crippen LogP contribution in [0.4, 0.5) is 10.5 Å². The summed E-state index contributed by atoms with van der Waals surface area (Å²) in [5, 5.41) is 13.8. The molecule has 1 amide bonds. The molecule has 1 atom stereocenters. The van der Waals surface area contributed by atoms with Crippen molar-refractivity contribution in [1.29, 1.82) is 0 Å². The van der Waals surface area contributed by atoms with E-state index in [4.69, 9.17) is 9.47 Å². The maximum Gasteiger partial charge on any atom is 0.410 e. The Bertz CT molecular complexity index is 1150. The molecule has 1 saturated heterocycles. The lowest BCUT2D eigenvalue weighted by atomic mass is 9.76. The largest absolute Gasteiger partial charge is 0.495 e. The first kappa shape index (κ1) is 28.5. The Balaban J connectivity index is 1.53. The van der Waals surface area contributed by atoms with Crippen LogP contribution in [0, 0.1) is 5.41 Å². The monoisotopic (exact) mass is 550 g/mol. The molecule has 3 fully saturated rings. The molecule has 1 unspecified atom stereocenters. The van der Waals surface area contributed by atoms with E-state index in [-0.39, 0.29) is 17.7 Å². The first-order chi connectivity index (χ1) is 17.8. The predicted octanol–water partition coefficient (Wildman–Crippen LogP) is 5.24. The van der Waals surface area contributed by atoms with Crippen LogP contribution < -0.4 is 10.1 Å². The lowest BCUT2D eigenvalue weighted by molar-refractivity contribution is -0.140. The number of anilines is 1. The van der Waals surface area contributed by atoms with Crippen LogP contribution in [0.25, 0.3) is 0 Å². The topological polar surface area (TPSA) is 122 Å². The quantitative estimate of drug-likeness (QED) is 0.493. The van der Waals surface area contributed by atoms with E-state index in [9.17, 15) is 23.1 Å². The molecule has 0 radical (unpaired) electrons. The minimum Gasteiger partial charge on any atom is -0.495 e. The zero-order valence-corrected chi connectivity index (χ0v) is 23.9. The van der Waals surface area contributed by atoms with Crippen molar-refractivity contribution in [2.45, 2.75) is 106 Å². The fourth-order valence-corrected chi connectivity index (χ4v) is 8.40. The number of likely N-dealkylation sites (tertiary alicyclic amines) is 1. The number of carboxylic acids is 1. The number of sulfone groups is 1. The van der Waals surface area contributed by atoms with Crippen molar-refractivity contribution in [3.05, 3.63) is 18.2 Å². The number of benzene rings is 1. The van der Waals surface area contributed by atoms with Gasteiger partial charge < -0.3 is 24.8 Å². The summed E-state index contributed by atoms with van der Waals surface area (Å²) in [4.78, 5) is 26.8. The molecule has 0 bridgehead atoms. The van der Waals surface area contributed by atoms with Crippen molar-refractivity contribution >= 4 is 27.6 Å². The van der Waals surface area contributed by atoms with Gasteiger partial charge in [0.25, 0.3) is 0 Å². The van der Waals surface area contributed by atoms with E-state index in [0.29, 0.717) is 44.1 Å². The third-order valence-electron chi connectivity index (χ3n) is 8.55. The summed E-state index contributed by atoms with van der Waals surface area (Å²) >= 11 is 0. The number of aliphatic carboxylic acids is 1. The number of hydrogen-bond acceptors (Lipinski definition) is 7. The minimum atomic E-state index is -4.22. The number of methoxy groups -OCH3 is 1. The lowest BCUT2D eigenvalue weighted by Crippen LogP contribution is -2.48. The summed E-state index contributed by atoms with van der Waals surface area (Å²) in [6, 6.07) is 4.97. The number of ether oxygens (including phenoxy) is 2. The fraction of sp³-hybridized carbons (Fsp3) is 0.714. The van der Waals surface area contributed by atoms with Crippen LogP contribution in [-0.4, -0.2) is 67.1 Å². The van der Waals surface area contributed by atoms with Gasteiger partial charge in [0.15, 0.2) is 14.6 Å². The first-order valence-corrected chi connectivity index (χ1v) is 15.2. The molecular formula is C28H42N2O7S. The highest BCUT2D eigenvalue weighted by Crippen LogP contribution is 2.55. The number of piperidine rings is 1. The van der Waals surface area contributed by atoms with Gasteiger partial charge in [0.05, 0.1) is 17.7 Å². The second-order valence-electron chi connectivity index (χ2n) is 12.3. The van der Waals surface area contributed by atoms with Gasteiger partial charge in [0.1, 0.15) is 11.4 Å². The zero-order chi connectivity index (χ0) is 27.8. The SMILES string of the molecule is COc1cc(S(=O)(=O)C2(C(=O)O)CCC3(CCN(C(=O)OC(C)(C)C)CC3)C2)ccc1NC1CCCCC1. The number of carboxylic acid groups (broad SMARTS) is 1. The molecule has 10 heteroatoms. The molecule has 1 aromatic rings. The number of nitrogens with one attached hydrogen (secondary N) is 1. The van der Waals surface area contributed by atoms with Crippen molar-refractivity contribution in [3.8, 4) is 5.75 Å². The molecule has 3 aliphatic rings. The van der Waals surface area contributed by atoms with Crippen LogP contribution in [0.5, 0.6) is 5.75 Å². The smallest absolute Gasteiger partial charge is 0.410 e. The van der Waals surface area contributed by atoms with Gasteiger partial charge in [-0.3, -0.25) is 4.79 Å². The van der Waals surface area contributed by atoms with E-state index >= 15 is 0 Å². The van der Waals surface area contributed by atoms with Gasteiger partial charge in [0, 0.05) is 25.2 Å². The maximum absolute atomic E-state index is 14.0. The third kappa shape index (κ3) is 5.60. The van der Waals surface area contributed by atoms with Gasteiger partial charge in [0.2, 0.25) is 0 Å². The summed E-state index contributed by atoms with van der Waals surface area (Å²) < 4.78 is 37.1. The van der Waals surface area contributed by atoms with Gasteiger partial charge >= 0.3 is 12.1 Å². The molecule has 38 heavy (non-hydrogen) atoms. The van der Waals surface area contributed by atoms with Gasteiger partial charge in [-0.15, -0.1) is 0 Å². The number of amides is 1. The van der Waals surface area contributed by atoms with Crippen molar-refractivity contribution in [2.75, 3.05) is 25.5 Å². The summed E-state index contributed by atoms with van der Waals surface area (Å²) in [5.41, 5.74) is -0.328. The molecule has 2 saturated carbocycles. The molecule has 2 aliphatic carbocycles. The molecule has 1 aliphatic heterocycles. The molecule has 9 nitrogen and oxygen atoms in total. The maximum atomic E-state index is 14.0. The summed E-state index contributed by atoms with van der Waals surface area (Å²) in [6.45, 7) is 6.27. The molecule has 212 valence electrons. The molecule has 1 aromatic carbocycles. The Hall–Kier alpha value is -2.49. The zero-order valence-electron chi connectivity index (χ0n) is 23.0. The van der Waals surface area contributed by atoms with E-state index in [1.165, 1.54) is 25.7 Å². The van der Waals surface area contributed by atoms with Crippen molar-refractivity contribution in [3.63, 3.8) is 0 Å². The number of nitrogens with zero attached hydrogens (tertiary/aromatic N) is 1. The van der Waals surface area contributed by atoms with Crippen LogP contribution in [0.1, 0.15) is 85.0 Å². The molecule has 4 rings (SSSR count). The van der Waals surface area contributed by atoms with Crippen LogP contribution in [0.3, 0.4) is 0 Å². The number of rotatable bonds is 6. The van der Waals surface area contributed by atoms with Crippen LogP contribution in [-0.2, 0) is 19.4 Å². The normalized spacial score (nSPS) is 24.3. The Morgan fingerprint density at radius 3 is 2.29 bits per heavy atom. The van der Waals surface area contributed by atoms with Gasteiger partial charge in [-0.25, -0.2) is 13.2 Å². The Kier molecular flexibility index (Phi) is 7.94. The molecule has 2 N–H and O–H groups in total. The highest BCUT2D eigenvalue weighted by atomic mass is 32.2. The van der Waals surface area contributed by atoms with E-state index in [1.807, 2.05) is 20.8 Å². The summed E-state index contributed by atoms with van der Waals surface area (Å²) in [5.74, 6) is -0.914. The highest BCUT2D eigenvalue weighted by Gasteiger charge is 2.61. The summed E-state index contributed by atoms with van der Waals surface area (Å²) in [6.07, 6.45) is 6.91. The van der Waals surface area contributed by atoms with Crippen LogP contribution >= 0.6 is 0 Å². The predicted molar refractivity (Wildman–Crippen MR) is 144 cm³/mol. The average molecular weight is 551 g/mol. The molecule has 1 spiro atoms. The second-order valence-corrected chi connectivity index (χ2v) is 14.5. The van der Waals surface area contributed by atoms with E-state index in [1.54, 1.807) is 11.0 Å². The number of carbonyl (C=O) groups excluding carboxylic acids is 1. The Labute approximate surface area is 226 Å². The molecule has 0 aromatic heterocycles. The molecular weight excluding hydrogens is 508 g/mol.